The zero-order valence-corrected chi connectivity index (χ0v) is 14.1. The van der Waals surface area contributed by atoms with Crippen molar-refractivity contribution in [3.63, 3.8) is 0 Å². The van der Waals surface area contributed by atoms with Gasteiger partial charge in [0.2, 0.25) is 0 Å². The van der Waals surface area contributed by atoms with Crippen molar-refractivity contribution in [2.24, 2.45) is 7.05 Å². The maximum atomic E-state index is 4.77. The number of aryl methyl sites for hydroxylation is 3. The van der Waals surface area contributed by atoms with Gasteiger partial charge in [-0.15, -0.1) is 16.4 Å². The molecule has 116 valence electrons. The van der Waals surface area contributed by atoms with Gasteiger partial charge in [0.1, 0.15) is 16.2 Å². The first-order chi connectivity index (χ1) is 10.6. The Kier molecular flexibility index (Phi) is 3.29. The molecule has 5 nitrogen and oxygen atoms in total. The average Bonchev–Trinajstić information content (AvgIpc) is 3.01. The third kappa shape index (κ3) is 2.08. The number of fused-ring (bicyclic) bond motifs is 3. The molecule has 0 aromatic carbocycles. The minimum atomic E-state index is 0.575. The third-order valence-electron chi connectivity index (χ3n) is 4.81. The summed E-state index contributed by atoms with van der Waals surface area (Å²) in [6.45, 7) is 4.12. The van der Waals surface area contributed by atoms with Gasteiger partial charge in [0.05, 0.1) is 10.4 Å². The average molecular weight is 315 g/mol. The van der Waals surface area contributed by atoms with Crippen LogP contribution in [0.4, 0.5) is 5.82 Å². The van der Waals surface area contributed by atoms with Crippen LogP contribution < -0.4 is 5.32 Å². The predicted octanol–water partition coefficient (Wildman–Crippen LogP) is 3.94. The number of nitrogens with zero attached hydrogens (tertiary/aromatic N) is 4. The van der Waals surface area contributed by atoms with Crippen molar-refractivity contribution in [1.82, 2.24) is 20.0 Å². The van der Waals surface area contributed by atoms with Crippen molar-refractivity contribution in [1.29, 1.82) is 0 Å². The van der Waals surface area contributed by atoms with Crippen molar-refractivity contribution in [2.75, 3.05) is 5.32 Å². The first kappa shape index (κ1) is 13.9. The summed E-state index contributed by atoms with van der Waals surface area (Å²) in [5.74, 6) is 1.14. The summed E-state index contributed by atoms with van der Waals surface area (Å²) >= 11 is 1.70. The summed E-state index contributed by atoms with van der Waals surface area (Å²) in [6, 6.07) is 0.575. The minimum absolute atomic E-state index is 0.575. The summed E-state index contributed by atoms with van der Waals surface area (Å²) in [7, 11) is 2.03. The number of nitrogens with one attached hydrogen (secondary N) is 1. The van der Waals surface area contributed by atoms with Crippen LogP contribution in [0.3, 0.4) is 0 Å². The second-order valence-electron chi connectivity index (χ2n) is 6.32. The molecule has 4 rings (SSSR count). The van der Waals surface area contributed by atoms with E-state index in [2.05, 4.69) is 22.4 Å². The molecule has 1 fully saturated rings. The van der Waals surface area contributed by atoms with E-state index in [-0.39, 0.29) is 0 Å². The zero-order valence-electron chi connectivity index (χ0n) is 13.3. The van der Waals surface area contributed by atoms with E-state index in [9.17, 15) is 0 Å². The molecule has 0 radical (unpaired) electrons. The Bertz CT molecular complexity index is 841. The standard InChI is InChI=1S/C16H21N5S/c1-9-10(2)18-19-16-12(9)13-14(22-16)15(21(3)20-13)17-11-7-5-4-6-8-11/h11,17H,4-8H2,1-3H3. The molecule has 3 heterocycles. The molecule has 0 amide bonds. The molecule has 3 aromatic heterocycles. The van der Waals surface area contributed by atoms with Gasteiger partial charge in [-0.05, 0) is 32.3 Å². The highest BCUT2D eigenvalue weighted by Gasteiger charge is 2.21. The van der Waals surface area contributed by atoms with Crippen LogP contribution in [-0.4, -0.2) is 26.0 Å². The van der Waals surface area contributed by atoms with Gasteiger partial charge in [-0.25, -0.2) is 0 Å². The molecule has 22 heavy (non-hydrogen) atoms. The van der Waals surface area contributed by atoms with E-state index in [0.717, 1.165) is 21.9 Å². The molecular formula is C16H21N5S. The number of hydrogen-bond acceptors (Lipinski definition) is 5. The Hall–Kier alpha value is -1.69. The quantitative estimate of drug-likeness (QED) is 0.778. The lowest BCUT2D eigenvalue weighted by Crippen LogP contribution is -2.23. The summed E-state index contributed by atoms with van der Waals surface area (Å²) in [4.78, 5) is 0.993. The van der Waals surface area contributed by atoms with Crippen LogP contribution in [-0.2, 0) is 7.05 Å². The molecule has 6 heteroatoms. The maximum absolute atomic E-state index is 4.77. The van der Waals surface area contributed by atoms with E-state index in [1.165, 1.54) is 47.8 Å². The highest BCUT2D eigenvalue weighted by molar-refractivity contribution is 7.26. The SMILES string of the molecule is Cc1nnc2sc3c(NC4CCCCC4)n(C)nc3c2c1C. The van der Waals surface area contributed by atoms with Crippen LogP contribution >= 0.6 is 11.3 Å². The van der Waals surface area contributed by atoms with Crippen LogP contribution in [0.15, 0.2) is 0 Å². The Morgan fingerprint density at radius 1 is 1.14 bits per heavy atom. The second kappa shape index (κ2) is 5.19. The van der Waals surface area contributed by atoms with Crippen molar-refractivity contribution in [3.05, 3.63) is 11.3 Å². The van der Waals surface area contributed by atoms with Crippen LogP contribution in [0.5, 0.6) is 0 Å². The Balaban J connectivity index is 1.84. The molecule has 0 unspecified atom stereocenters. The number of anilines is 1. The van der Waals surface area contributed by atoms with Gasteiger partial charge in [0.25, 0.3) is 0 Å². The molecule has 3 aromatic rings. The maximum Gasteiger partial charge on any atom is 0.149 e. The van der Waals surface area contributed by atoms with Crippen LogP contribution in [0.25, 0.3) is 20.4 Å². The lowest BCUT2D eigenvalue weighted by atomic mass is 9.95. The van der Waals surface area contributed by atoms with Crippen molar-refractivity contribution in [2.45, 2.75) is 52.0 Å². The number of aromatic nitrogens is 4. The van der Waals surface area contributed by atoms with Gasteiger partial charge in [0, 0.05) is 18.5 Å². The summed E-state index contributed by atoms with van der Waals surface area (Å²) < 4.78 is 3.20. The molecule has 1 saturated carbocycles. The number of hydrogen-bond donors (Lipinski definition) is 1. The fraction of sp³-hybridized carbons (Fsp3) is 0.562. The Morgan fingerprint density at radius 3 is 2.68 bits per heavy atom. The Morgan fingerprint density at radius 2 is 1.91 bits per heavy atom. The van der Waals surface area contributed by atoms with Crippen molar-refractivity contribution < 1.29 is 0 Å². The molecule has 1 aliphatic rings. The monoisotopic (exact) mass is 315 g/mol. The highest BCUT2D eigenvalue weighted by atomic mass is 32.1. The highest BCUT2D eigenvalue weighted by Crippen LogP contribution is 2.39. The van der Waals surface area contributed by atoms with Crippen LogP contribution in [0.2, 0.25) is 0 Å². The Labute approximate surface area is 133 Å². The lowest BCUT2D eigenvalue weighted by Gasteiger charge is -2.23. The summed E-state index contributed by atoms with van der Waals surface area (Å²) in [6.07, 6.45) is 6.55. The summed E-state index contributed by atoms with van der Waals surface area (Å²) in [5, 5.41) is 18.3. The third-order valence-corrected chi connectivity index (χ3v) is 5.88. The smallest absolute Gasteiger partial charge is 0.149 e. The van der Waals surface area contributed by atoms with Gasteiger partial charge in [-0.3, -0.25) is 4.68 Å². The lowest BCUT2D eigenvalue weighted by molar-refractivity contribution is 0.460. The van der Waals surface area contributed by atoms with Gasteiger partial charge in [-0.2, -0.15) is 10.2 Å². The first-order valence-electron chi connectivity index (χ1n) is 8.01. The molecule has 0 aliphatic heterocycles. The van der Waals surface area contributed by atoms with Crippen LogP contribution in [0.1, 0.15) is 43.4 Å². The van der Waals surface area contributed by atoms with Crippen molar-refractivity contribution >= 4 is 37.6 Å². The number of thiophene rings is 1. The van der Waals surface area contributed by atoms with Gasteiger partial charge >= 0.3 is 0 Å². The van der Waals surface area contributed by atoms with Gasteiger partial charge < -0.3 is 5.32 Å². The van der Waals surface area contributed by atoms with Gasteiger partial charge in [-0.1, -0.05) is 19.3 Å². The van der Waals surface area contributed by atoms with Gasteiger partial charge in [0.15, 0.2) is 0 Å². The van der Waals surface area contributed by atoms with E-state index >= 15 is 0 Å². The fourth-order valence-corrected chi connectivity index (χ4v) is 4.55. The van der Waals surface area contributed by atoms with E-state index in [1.54, 1.807) is 11.3 Å². The molecule has 0 bridgehead atoms. The summed E-state index contributed by atoms with van der Waals surface area (Å²) in [5.41, 5.74) is 3.24. The van der Waals surface area contributed by atoms with E-state index in [1.807, 2.05) is 18.7 Å². The largest absolute Gasteiger partial charge is 0.366 e. The minimum Gasteiger partial charge on any atom is -0.366 e. The normalized spacial score (nSPS) is 16.7. The second-order valence-corrected chi connectivity index (χ2v) is 7.32. The predicted molar refractivity (Wildman–Crippen MR) is 91.7 cm³/mol. The molecule has 0 saturated heterocycles. The molecule has 1 aliphatic carbocycles. The van der Waals surface area contributed by atoms with E-state index < -0.39 is 0 Å². The fourth-order valence-electron chi connectivity index (χ4n) is 3.40. The first-order valence-corrected chi connectivity index (χ1v) is 8.82. The molecule has 0 atom stereocenters. The zero-order chi connectivity index (χ0) is 15.3. The molecular weight excluding hydrogens is 294 g/mol. The van der Waals surface area contributed by atoms with Crippen LogP contribution in [0, 0.1) is 13.8 Å². The molecule has 0 spiro atoms. The van der Waals surface area contributed by atoms with E-state index in [0.29, 0.717) is 6.04 Å². The molecule has 1 N–H and O–H groups in total. The topological polar surface area (TPSA) is 55.6 Å². The van der Waals surface area contributed by atoms with Crippen molar-refractivity contribution in [3.8, 4) is 0 Å². The van der Waals surface area contributed by atoms with E-state index in [4.69, 9.17) is 5.10 Å². The number of rotatable bonds is 2.